The smallest absolute Gasteiger partial charge is 0.0951 e. The van der Waals surface area contributed by atoms with Gasteiger partial charge in [-0.15, -0.1) is 11.3 Å². The highest BCUT2D eigenvalue weighted by molar-refractivity contribution is 7.26. The van der Waals surface area contributed by atoms with E-state index in [2.05, 4.69) is 134 Å². The maximum atomic E-state index is 6.78. The van der Waals surface area contributed by atoms with Crippen LogP contribution in [0, 0.1) is 0 Å². The Morgan fingerprint density at radius 3 is 1.95 bits per heavy atom. The Bertz CT molecular complexity index is 2430. The number of rotatable bonds is 5. The fraction of sp³-hybridized carbons (Fsp3) is 0. The maximum Gasteiger partial charge on any atom is 0.0951 e. The lowest BCUT2D eigenvalue weighted by Gasteiger charge is -2.13. The summed E-state index contributed by atoms with van der Waals surface area (Å²) in [6.07, 6.45) is 1.82. The van der Waals surface area contributed by atoms with Crippen LogP contribution in [-0.4, -0.2) is 5.71 Å². The molecule has 0 fully saturated rings. The summed E-state index contributed by atoms with van der Waals surface area (Å²) >= 11 is 1.86. The minimum absolute atomic E-state index is 0.679. The maximum absolute atomic E-state index is 6.78. The van der Waals surface area contributed by atoms with E-state index in [4.69, 9.17) is 10.7 Å². The van der Waals surface area contributed by atoms with Gasteiger partial charge in [-0.1, -0.05) is 128 Å². The van der Waals surface area contributed by atoms with E-state index in [1.807, 2.05) is 29.5 Å². The number of nitrogens with two attached hydrogens (primary N) is 1. The zero-order valence-corrected chi connectivity index (χ0v) is 24.8. The molecular weight excluding hydrogens is 553 g/mol. The van der Waals surface area contributed by atoms with Crippen LogP contribution in [0.3, 0.4) is 0 Å². The molecular formula is C41H28N2S. The van der Waals surface area contributed by atoms with Gasteiger partial charge < -0.3 is 5.73 Å². The van der Waals surface area contributed by atoms with Crippen LogP contribution in [0.4, 0.5) is 11.4 Å². The molecule has 8 aromatic rings. The average molecular weight is 581 g/mol. The third-order valence-electron chi connectivity index (χ3n) is 8.44. The Hall–Kier alpha value is -5.51. The van der Waals surface area contributed by atoms with E-state index in [0.717, 1.165) is 49.6 Å². The Morgan fingerprint density at radius 2 is 1.16 bits per heavy atom. The Labute approximate surface area is 260 Å². The van der Waals surface area contributed by atoms with Gasteiger partial charge in [0.1, 0.15) is 0 Å². The first-order chi connectivity index (χ1) is 21.7. The van der Waals surface area contributed by atoms with Crippen molar-refractivity contribution in [1.82, 2.24) is 0 Å². The molecule has 0 bridgehead atoms. The quantitative estimate of drug-likeness (QED) is 0.123. The van der Waals surface area contributed by atoms with Crippen LogP contribution in [0.2, 0.25) is 0 Å². The SMILES string of the molecule is C=CC(=Nc1c(N)c2ccccc2c2ccccc12)c1cccc(-c2cccc(-c3cccc4c3sc3ccccc34)c2)c1. The van der Waals surface area contributed by atoms with Crippen molar-refractivity contribution < 1.29 is 0 Å². The molecule has 0 unspecified atom stereocenters. The van der Waals surface area contributed by atoms with Gasteiger partial charge in [-0.05, 0) is 57.3 Å². The van der Waals surface area contributed by atoms with Gasteiger partial charge in [0, 0.05) is 36.5 Å². The lowest BCUT2D eigenvalue weighted by Crippen LogP contribution is -1.98. The first-order valence-corrected chi connectivity index (χ1v) is 15.5. The van der Waals surface area contributed by atoms with Gasteiger partial charge >= 0.3 is 0 Å². The van der Waals surface area contributed by atoms with E-state index in [-0.39, 0.29) is 0 Å². The molecule has 0 aliphatic carbocycles. The third-order valence-corrected chi connectivity index (χ3v) is 9.66. The molecule has 0 amide bonds. The fourth-order valence-corrected chi connectivity index (χ4v) is 7.56. The van der Waals surface area contributed by atoms with Gasteiger partial charge in [-0.2, -0.15) is 0 Å². The lowest BCUT2D eigenvalue weighted by atomic mass is 9.96. The molecule has 0 atom stereocenters. The fourth-order valence-electron chi connectivity index (χ4n) is 6.32. The van der Waals surface area contributed by atoms with Crippen LogP contribution in [0.15, 0.2) is 157 Å². The molecule has 3 heteroatoms. The van der Waals surface area contributed by atoms with Crippen molar-refractivity contribution in [3.8, 4) is 22.3 Å². The minimum atomic E-state index is 0.679. The van der Waals surface area contributed by atoms with Crippen molar-refractivity contribution in [3.63, 3.8) is 0 Å². The van der Waals surface area contributed by atoms with Crippen LogP contribution in [0.5, 0.6) is 0 Å². The summed E-state index contributed by atoms with van der Waals surface area (Å²) in [4.78, 5) is 5.15. The molecule has 1 aromatic heterocycles. The summed E-state index contributed by atoms with van der Waals surface area (Å²) in [7, 11) is 0. The second kappa shape index (κ2) is 10.6. The second-order valence-corrected chi connectivity index (χ2v) is 12.0. The average Bonchev–Trinajstić information content (AvgIpc) is 3.48. The van der Waals surface area contributed by atoms with Gasteiger partial charge in [0.25, 0.3) is 0 Å². The molecule has 7 aromatic carbocycles. The number of allylic oxidation sites excluding steroid dienone is 1. The first-order valence-electron chi connectivity index (χ1n) is 14.7. The number of hydrogen-bond donors (Lipinski definition) is 1. The lowest BCUT2D eigenvalue weighted by molar-refractivity contribution is 1.53. The van der Waals surface area contributed by atoms with Crippen molar-refractivity contribution in [2.24, 2.45) is 4.99 Å². The van der Waals surface area contributed by atoms with Crippen molar-refractivity contribution in [2.75, 3.05) is 5.73 Å². The molecule has 0 aliphatic rings. The summed E-state index contributed by atoms with van der Waals surface area (Å²) in [6, 6.07) is 49.2. The summed E-state index contributed by atoms with van der Waals surface area (Å²) in [5.74, 6) is 0. The highest BCUT2D eigenvalue weighted by Crippen LogP contribution is 2.42. The van der Waals surface area contributed by atoms with E-state index in [1.165, 1.54) is 31.3 Å². The predicted octanol–water partition coefficient (Wildman–Crippen LogP) is 11.6. The largest absolute Gasteiger partial charge is 0.396 e. The van der Waals surface area contributed by atoms with Gasteiger partial charge in [-0.3, -0.25) is 0 Å². The number of nitrogen functional groups attached to an aromatic ring is 1. The molecule has 208 valence electrons. The van der Waals surface area contributed by atoms with Crippen LogP contribution in [0.25, 0.3) is 64.0 Å². The molecule has 8 rings (SSSR count). The number of nitrogens with zero attached hydrogens (tertiary/aromatic N) is 1. The van der Waals surface area contributed by atoms with Crippen LogP contribution < -0.4 is 5.73 Å². The zero-order chi connectivity index (χ0) is 29.6. The molecule has 0 aliphatic heterocycles. The predicted molar refractivity (Wildman–Crippen MR) is 192 cm³/mol. The number of fused-ring (bicyclic) bond motifs is 6. The Balaban J connectivity index is 1.23. The van der Waals surface area contributed by atoms with Gasteiger partial charge in [0.05, 0.1) is 17.1 Å². The van der Waals surface area contributed by atoms with Gasteiger partial charge in [-0.25, -0.2) is 4.99 Å². The number of hydrogen-bond acceptors (Lipinski definition) is 3. The van der Waals surface area contributed by atoms with Crippen molar-refractivity contribution >= 4 is 70.1 Å². The summed E-state index contributed by atoms with van der Waals surface area (Å²) < 4.78 is 2.63. The van der Waals surface area contributed by atoms with E-state index in [0.29, 0.717) is 5.69 Å². The number of benzene rings is 7. The molecule has 2 N–H and O–H groups in total. The number of aliphatic imine (C=N–C) groups is 1. The summed E-state index contributed by atoms with van der Waals surface area (Å²) in [6.45, 7) is 4.14. The molecule has 2 nitrogen and oxygen atoms in total. The summed E-state index contributed by atoms with van der Waals surface area (Å²) in [5, 5.41) is 6.93. The molecule has 1 heterocycles. The highest BCUT2D eigenvalue weighted by Gasteiger charge is 2.14. The van der Waals surface area contributed by atoms with Crippen molar-refractivity contribution in [3.05, 3.63) is 158 Å². The van der Waals surface area contributed by atoms with Crippen molar-refractivity contribution in [2.45, 2.75) is 0 Å². The molecule has 44 heavy (non-hydrogen) atoms. The van der Waals surface area contributed by atoms with Gasteiger partial charge in [0.2, 0.25) is 0 Å². The van der Waals surface area contributed by atoms with Gasteiger partial charge in [0.15, 0.2) is 0 Å². The Morgan fingerprint density at radius 1 is 0.568 bits per heavy atom. The molecule has 0 radical (unpaired) electrons. The molecule has 0 saturated heterocycles. The normalized spacial score (nSPS) is 12.0. The first kappa shape index (κ1) is 26.1. The van der Waals surface area contributed by atoms with Crippen LogP contribution in [-0.2, 0) is 0 Å². The van der Waals surface area contributed by atoms with E-state index < -0.39 is 0 Å². The van der Waals surface area contributed by atoms with Crippen molar-refractivity contribution in [1.29, 1.82) is 0 Å². The van der Waals surface area contributed by atoms with E-state index in [9.17, 15) is 0 Å². The number of anilines is 1. The number of thiophene rings is 1. The summed E-state index contributed by atoms with van der Waals surface area (Å²) in [5.41, 5.74) is 14.8. The highest BCUT2D eigenvalue weighted by atomic mass is 32.1. The second-order valence-electron chi connectivity index (χ2n) is 11.0. The topological polar surface area (TPSA) is 38.4 Å². The zero-order valence-electron chi connectivity index (χ0n) is 24.0. The van der Waals surface area contributed by atoms with Crippen LogP contribution >= 0.6 is 11.3 Å². The van der Waals surface area contributed by atoms with E-state index >= 15 is 0 Å². The van der Waals surface area contributed by atoms with E-state index in [1.54, 1.807) is 0 Å². The molecule has 0 spiro atoms. The Kier molecular flexibility index (Phi) is 6.32. The standard InChI is InChI=1S/C41H28N2S/c1-2-37(43-40-35-20-6-4-17-32(35)31-16-3-5-19-34(31)39(40)42)29-15-10-13-27(25-29)26-12-9-14-28(24-26)30-21-11-22-36-33-18-7-8-23-38(33)44-41(30)36/h2-25H,1,42H2. The molecule has 0 saturated carbocycles. The van der Waals surface area contributed by atoms with Crippen LogP contribution in [0.1, 0.15) is 5.56 Å². The third kappa shape index (κ3) is 4.29. The monoisotopic (exact) mass is 580 g/mol. The minimum Gasteiger partial charge on any atom is -0.396 e.